The molecule has 0 saturated heterocycles. The van der Waals surface area contributed by atoms with Gasteiger partial charge in [0.2, 0.25) is 0 Å². The molecule has 8 heteroatoms. The van der Waals surface area contributed by atoms with E-state index in [4.69, 9.17) is 10.5 Å². The fourth-order valence-corrected chi connectivity index (χ4v) is 3.43. The van der Waals surface area contributed by atoms with Gasteiger partial charge in [-0.3, -0.25) is 10.7 Å². The molecule has 1 aromatic carbocycles. The number of nitrogens with zero attached hydrogens (tertiary/aromatic N) is 2. The minimum absolute atomic E-state index is 0.00235. The first-order valence-corrected chi connectivity index (χ1v) is 9.62. The maximum Gasteiger partial charge on any atom is 0.284 e. The Balaban J connectivity index is 2.02. The molecule has 2 N–H and O–H groups in total. The first-order valence-electron chi connectivity index (χ1n) is 9.62. The number of alkyl halides is 2. The molecule has 3 rings (SSSR count). The molecule has 30 heavy (non-hydrogen) atoms. The smallest absolute Gasteiger partial charge is 0.284 e. The van der Waals surface area contributed by atoms with Crippen LogP contribution in [0.4, 0.5) is 17.6 Å². The number of nitrogens with two attached hydrogens (primary N) is 1. The van der Waals surface area contributed by atoms with E-state index < -0.39 is 30.0 Å². The van der Waals surface area contributed by atoms with E-state index in [-0.39, 0.29) is 33.8 Å². The van der Waals surface area contributed by atoms with E-state index >= 15 is 0 Å². The number of aromatic nitrogens is 2. The van der Waals surface area contributed by atoms with Gasteiger partial charge >= 0.3 is 0 Å². The number of benzene rings is 1. The summed E-state index contributed by atoms with van der Waals surface area (Å²) in [6.45, 7) is 5.96. The van der Waals surface area contributed by atoms with Crippen molar-refractivity contribution in [3.8, 4) is 17.0 Å². The molecule has 0 radical (unpaired) electrons. The molecule has 3 aromatic rings. The Morgan fingerprint density at radius 1 is 1.07 bits per heavy atom. The summed E-state index contributed by atoms with van der Waals surface area (Å²) in [5.41, 5.74) is 5.83. The van der Waals surface area contributed by atoms with Gasteiger partial charge in [0.25, 0.3) is 6.43 Å². The van der Waals surface area contributed by atoms with Gasteiger partial charge < -0.3 is 4.74 Å². The van der Waals surface area contributed by atoms with Gasteiger partial charge in [-0.25, -0.2) is 22.5 Å². The predicted molar refractivity (Wildman–Crippen MR) is 107 cm³/mol. The number of fused-ring (bicyclic) bond motifs is 1. The van der Waals surface area contributed by atoms with Crippen LogP contribution in [0.2, 0.25) is 0 Å². The number of halogens is 4. The second-order valence-electron chi connectivity index (χ2n) is 7.71. The zero-order valence-electron chi connectivity index (χ0n) is 16.9. The fraction of sp³-hybridized carbons (Fsp3) is 0.364. The summed E-state index contributed by atoms with van der Waals surface area (Å²) in [6, 6.07) is 6.02. The lowest BCUT2D eigenvalue weighted by Crippen LogP contribution is -2.35. The van der Waals surface area contributed by atoms with Gasteiger partial charge in [0.05, 0.1) is 11.2 Å². The Kier molecular flexibility index (Phi) is 6.55. The Labute approximate surface area is 172 Å². The van der Waals surface area contributed by atoms with Crippen LogP contribution < -0.4 is 10.5 Å². The second kappa shape index (κ2) is 8.95. The SMILES string of the molecule is CC(C)CC(C)[C@@H](N)Oc1ccc(-c2ccnc3cc(F)cc(F)c23)nc1C(F)F. The molecular weight excluding hydrogens is 398 g/mol. The van der Waals surface area contributed by atoms with Crippen LogP contribution in [0.15, 0.2) is 36.5 Å². The minimum Gasteiger partial charge on any atom is -0.473 e. The third-order valence-corrected chi connectivity index (χ3v) is 4.79. The number of ether oxygens (including phenoxy) is 1. The highest BCUT2D eigenvalue weighted by Gasteiger charge is 2.23. The van der Waals surface area contributed by atoms with Crippen molar-refractivity contribution in [2.75, 3.05) is 0 Å². The summed E-state index contributed by atoms with van der Waals surface area (Å²) >= 11 is 0. The van der Waals surface area contributed by atoms with Crippen molar-refractivity contribution >= 4 is 10.9 Å². The summed E-state index contributed by atoms with van der Waals surface area (Å²) < 4.78 is 60.9. The molecule has 2 heterocycles. The van der Waals surface area contributed by atoms with Crippen LogP contribution in [0.5, 0.6) is 5.75 Å². The van der Waals surface area contributed by atoms with E-state index in [0.717, 1.165) is 12.5 Å². The van der Waals surface area contributed by atoms with Crippen LogP contribution in [0.1, 0.15) is 39.3 Å². The third kappa shape index (κ3) is 4.70. The molecule has 0 saturated carbocycles. The maximum atomic E-state index is 14.4. The van der Waals surface area contributed by atoms with E-state index in [1.165, 1.54) is 24.4 Å². The molecule has 2 atom stereocenters. The molecule has 2 aromatic heterocycles. The van der Waals surface area contributed by atoms with Gasteiger partial charge in [0, 0.05) is 35.2 Å². The Morgan fingerprint density at radius 2 is 1.80 bits per heavy atom. The molecule has 0 amide bonds. The average molecular weight is 421 g/mol. The molecule has 0 bridgehead atoms. The average Bonchev–Trinajstić information content (AvgIpc) is 2.66. The maximum absolute atomic E-state index is 14.4. The Morgan fingerprint density at radius 3 is 2.47 bits per heavy atom. The highest BCUT2D eigenvalue weighted by atomic mass is 19.3. The molecule has 0 aliphatic rings. The summed E-state index contributed by atoms with van der Waals surface area (Å²) in [5.74, 6) is -1.42. The molecule has 0 aliphatic carbocycles. The van der Waals surface area contributed by atoms with E-state index in [2.05, 4.69) is 9.97 Å². The van der Waals surface area contributed by atoms with Gasteiger partial charge in [0.1, 0.15) is 29.3 Å². The van der Waals surface area contributed by atoms with Crippen molar-refractivity contribution in [3.63, 3.8) is 0 Å². The predicted octanol–water partition coefficient (Wildman–Crippen LogP) is 5.86. The summed E-state index contributed by atoms with van der Waals surface area (Å²) in [4.78, 5) is 7.96. The standard InChI is InChI=1S/C22H23F4N3O/c1-11(2)8-12(3)22(27)30-18-5-4-16(29-20(18)21(25)26)14-6-7-28-17-10-13(23)9-15(24)19(14)17/h4-7,9-12,21-22H,8,27H2,1-3H3/t12?,22-/m0/s1. The van der Waals surface area contributed by atoms with Crippen LogP contribution in [-0.4, -0.2) is 16.2 Å². The van der Waals surface area contributed by atoms with Crippen LogP contribution in [0.25, 0.3) is 22.2 Å². The lowest BCUT2D eigenvalue weighted by atomic mass is 9.97. The molecule has 0 fully saturated rings. The fourth-order valence-electron chi connectivity index (χ4n) is 3.43. The molecule has 1 unspecified atom stereocenters. The topological polar surface area (TPSA) is 61.0 Å². The van der Waals surface area contributed by atoms with Gasteiger partial charge in [-0.05, 0) is 30.5 Å². The third-order valence-electron chi connectivity index (χ3n) is 4.79. The Bertz CT molecular complexity index is 1040. The van der Waals surface area contributed by atoms with Crippen molar-refractivity contribution in [3.05, 3.63) is 53.9 Å². The largest absolute Gasteiger partial charge is 0.473 e. The van der Waals surface area contributed by atoms with E-state index in [1.54, 1.807) is 0 Å². The number of pyridine rings is 2. The van der Waals surface area contributed by atoms with Crippen LogP contribution >= 0.6 is 0 Å². The molecule has 160 valence electrons. The van der Waals surface area contributed by atoms with Crippen molar-refractivity contribution in [1.29, 1.82) is 0 Å². The number of hydrogen-bond donors (Lipinski definition) is 1. The molecule has 0 spiro atoms. The molecule has 4 nitrogen and oxygen atoms in total. The first kappa shape index (κ1) is 22.0. The second-order valence-corrected chi connectivity index (χ2v) is 7.71. The van der Waals surface area contributed by atoms with Gasteiger partial charge in [-0.2, -0.15) is 0 Å². The molecular formula is C22H23F4N3O. The lowest BCUT2D eigenvalue weighted by Gasteiger charge is -2.24. The van der Waals surface area contributed by atoms with Crippen LogP contribution in [0, 0.1) is 23.5 Å². The van der Waals surface area contributed by atoms with Crippen molar-refractivity contribution in [2.24, 2.45) is 17.6 Å². The van der Waals surface area contributed by atoms with Gasteiger partial charge in [0.15, 0.2) is 0 Å². The first-order chi connectivity index (χ1) is 14.2. The number of hydrogen-bond acceptors (Lipinski definition) is 4. The highest BCUT2D eigenvalue weighted by Crippen LogP contribution is 2.34. The Hall–Kier alpha value is -2.74. The zero-order chi connectivity index (χ0) is 22.0. The quantitative estimate of drug-likeness (QED) is 0.384. The van der Waals surface area contributed by atoms with Gasteiger partial charge in [-0.1, -0.05) is 20.8 Å². The normalized spacial score (nSPS) is 13.8. The number of rotatable bonds is 7. The van der Waals surface area contributed by atoms with Gasteiger partial charge in [-0.15, -0.1) is 0 Å². The molecule has 0 aliphatic heterocycles. The van der Waals surface area contributed by atoms with Crippen molar-refractivity contribution in [1.82, 2.24) is 9.97 Å². The van der Waals surface area contributed by atoms with Crippen molar-refractivity contribution < 1.29 is 22.3 Å². The summed E-state index contributed by atoms with van der Waals surface area (Å²) in [6.07, 6.45) is -1.59. The minimum atomic E-state index is -2.93. The van der Waals surface area contributed by atoms with Crippen molar-refractivity contribution in [2.45, 2.75) is 39.8 Å². The van der Waals surface area contributed by atoms with Crippen LogP contribution in [0.3, 0.4) is 0 Å². The summed E-state index contributed by atoms with van der Waals surface area (Å²) in [7, 11) is 0. The monoisotopic (exact) mass is 421 g/mol. The summed E-state index contributed by atoms with van der Waals surface area (Å²) in [5, 5.41) is 0.00235. The van der Waals surface area contributed by atoms with E-state index in [9.17, 15) is 17.6 Å². The zero-order valence-corrected chi connectivity index (χ0v) is 16.9. The van der Waals surface area contributed by atoms with E-state index in [1.807, 2.05) is 20.8 Å². The lowest BCUT2D eigenvalue weighted by molar-refractivity contribution is 0.111. The highest BCUT2D eigenvalue weighted by molar-refractivity contribution is 5.93. The van der Waals surface area contributed by atoms with E-state index in [0.29, 0.717) is 12.0 Å². The van der Waals surface area contributed by atoms with Crippen LogP contribution in [-0.2, 0) is 0 Å².